The van der Waals surface area contributed by atoms with Crippen LogP contribution in [0.4, 0.5) is 15.8 Å². The summed E-state index contributed by atoms with van der Waals surface area (Å²) in [7, 11) is 1.70. The molecule has 0 aliphatic rings. The summed E-state index contributed by atoms with van der Waals surface area (Å²) in [5, 5.41) is 15.9. The minimum absolute atomic E-state index is 0. The lowest BCUT2D eigenvalue weighted by atomic mass is 10.1. The van der Waals surface area contributed by atoms with Gasteiger partial charge < -0.3 is 16.4 Å². The Morgan fingerprint density at radius 2 is 2.11 bits per heavy atom. The SMILES string of the molecule is CNCCNC(=O)c1cc(F)cc([N+](=O)[O-])c1N.Cl. The van der Waals surface area contributed by atoms with Gasteiger partial charge in [-0.2, -0.15) is 0 Å². The van der Waals surface area contributed by atoms with Crippen molar-refractivity contribution in [1.82, 2.24) is 10.6 Å². The third-order valence-corrected chi connectivity index (χ3v) is 2.22. The molecule has 7 nitrogen and oxygen atoms in total. The normalized spacial score (nSPS) is 9.58. The molecule has 1 rings (SSSR count). The van der Waals surface area contributed by atoms with Gasteiger partial charge in [-0.1, -0.05) is 0 Å². The number of likely N-dealkylation sites (N-methyl/N-ethyl adjacent to an activating group) is 1. The number of carbonyl (C=O) groups excluding carboxylic acids is 1. The Morgan fingerprint density at radius 1 is 1.47 bits per heavy atom. The molecule has 0 aliphatic carbocycles. The lowest BCUT2D eigenvalue weighted by Crippen LogP contribution is -2.31. The number of nitro benzene ring substituents is 1. The van der Waals surface area contributed by atoms with E-state index in [0.29, 0.717) is 19.2 Å². The lowest BCUT2D eigenvalue weighted by molar-refractivity contribution is -0.384. The van der Waals surface area contributed by atoms with Crippen molar-refractivity contribution in [3.8, 4) is 0 Å². The van der Waals surface area contributed by atoms with Gasteiger partial charge in [0.25, 0.3) is 11.6 Å². The Bertz CT molecular complexity index is 484. The molecule has 0 spiro atoms. The monoisotopic (exact) mass is 292 g/mol. The summed E-state index contributed by atoms with van der Waals surface area (Å²) in [5.74, 6) is -1.53. The van der Waals surface area contributed by atoms with Gasteiger partial charge in [0.1, 0.15) is 11.5 Å². The zero-order valence-corrected chi connectivity index (χ0v) is 10.9. The van der Waals surface area contributed by atoms with Crippen LogP contribution in [0.2, 0.25) is 0 Å². The highest BCUT2D eigenvalue weighted by Crippen LogP contribution is 2.26. The molecule has 0 aliphatic heterocycles. The second kappa shape index (κ2) is 7.49. The predicted octanol–water partition coefficient (Wildman–Crippen LogP) is 0.687. The first-order valence-corrected chi connectivity index (χ1v) is 5.13. The molecule has 0 fully saturated rings. The Labute approximate surface area is 114 Å². The molecule has 0 heterocycles. The van der Waals surface area contributed by atoms with E-state index >= 15 is 0 Å². The maximum Gasteiger partial charge on any atom is 0.295 e. The zero-order valence-electron chi connectivity index (χ0n) is 10.1. The van der Waals surface area contributed by atoms with Crippen molar-refractivity contribution in [2.75, 3.05) is 25.9 Å². The molecule has 0 bridgehead atoms. The van der Waals surface area contributed by atoms with Gasteiger partial charge in [-0.25, -0.2) is 4.39 Å². The van der Waals surface area contributed by atoms with Crippen molar-refractivity contribution in [3.05, 3.63) is 33.6 Å². The summed E-state index contributed by atoms with van der Waals surface area (Å²) in [5.41, 5.74) is 4.27. The molecule has 1 aromatic carbocycles. The van der Waals surface area contributed by atoms with Gasteiger partial charge in [0.2, 0.25) is 0 Å². The highest BCUT2D eigenvalue weighted by Gasteiger charge is 2.21. The number of anilines is 1. The van der Waals surface area contributed by atoms with Crippen LogP contribution in [-0.2, 0) is 0 Å². The average molecular weight is 293 g/mol. The van der Waals surface area contributed by atoms with Crippen molar-refractivity contribution < 1.29 is 14.1 Å². The first-order chi connectivity index (χ1) is 8.47. The van der Waals surface area contributed by atoms with Crippen LogP contribution >= 0.6 is 12.4 Å². The quantitative estimate of drug-likeness (QED) is 0.320. The Morgan fingerprint density at radius 3 is 2.63 bits per heavy atom. The number of carbonyl (C=O) groups is 1. The van der Waals surface area contributed by atoms with Crippen LogP contribution in [-0.4, -0.2) is 31.0 Å². The van der Waals surface area contributed by atoms with E-state index in [2.05, 4.69) is 10.6 Å². The summed E-state index contributed by atoms with van der Waals surface area (Å²) in [6, 6.07) is 1.55. The van der Waals surface area contributed by atoms with E-state index in [1.807, 2.05) is 0 Å². The van der Waals surface area contributed by atoms with E-state index in [1.54, 1.807) is 7.05 Å². The molecule has 19 heavy (non-hydrogen) atoms. The summed E-state index contributed by atoms with van der Waals surface area (Å²) in [4.78, 5) is 21.5. The zero-order chi connectivity index (χ0) is 13.7. The molecule has 1 aromatic rings. The maximum atomic E-state index is 13.2. The van der Waals surface area contributed by atoms with Crippen molar-refractivity contribution >= 4 is 29.7 Å². The summed E-state index contributed by atoms with van der Waals surface area (Å²) in [6.07, 6.45) is 0. The summed E-state index contributed by atoms with van der Waals surface area (Å²) < 4.78 is 13.2. The number of benzene rings is 1. The smallest absolute Gasteiger partial charge is 0.295 e. The molecule has 0 saturated heterocycles. The fourth-order valence-electron chi connectivity index (χ4n) is 1.34. The Kier molecular flexibility index (Phi) is 6.73. The first-order valence-electron chi connectivity index (χ1n) is 5.13. The van der Waals surface area contributed by atoms with Gasteiger partial charge in [-0.15, -0.1) is 12.4 Å². The third-order valence-electron chi connectivity index (χ3n) is 2.22. The van der Waals surface area contributed by atoms with Crippen LogP contribution in [0.1, 0.15) is 10.4 Å². The van der Waals surface area contributed by atoms with E-state index in [0.717, 1.165) is 6.07 Å². The minimum Gasteiger partial charge on any atom is -0.393 e. The maximum absolute atomic E-state index is 13.2. The predicted molar refractivity (Wildman–Crippen MR) is 71.0 cm³/mol. The van der Waals surface area contributed by atoms with Crippen molar-refractivity contribution in [1.29, 1.82) is 0 Å². The largest absolute Gasteiger partial charge is 0.393 e. The van der Waals surface area contributed by atoms with Gasteiger partial charge in [0.15, 0.2) is 0 Å². The number of nitrogens with one attached hydrogen (secondary N) is 2. The number of nitrogens with zero attached hydrogens (tertiary/aromatic N) is 1. The number of hydrogen-bond acceptors (Lipinski definition) is 5. The third kappa shape index (κ3) is 4.34. The van der Waals surface area contributed by atoms with Crippen LogP contribution in [0.3, 0.4) is 0 Å². The molecule has 0 unspecified atom stereocenters. The standard InChI is InChI=1S/C10H13FN4O3.ClH/c1-13-2-3-14-10(16)7-4-6(11)5-8(9(7)12)15(17)18;/h4-5,13H,2-3,12H2,1H3,(H,14,16);1H. The van der Waals surface area contributed by atoms with Gasteiger partial charge in [0.05, 0.1) is 16.6 Å². The molecule has 106 valence electrons. The second-order valence-corrected chi connectivity index (χ2v) is 3.50. The fraction of sp³-hybridized carbons (Fsp3) is 0.300. The van der Waals surface area contributed by atoms with Crippen molar-refractivity contribution in [2.45, 2.75) is 0 Å². The molecule has 1 amide bonds. The highest BCUT2D eigenvalue weighted by atomic mass is 35.5. The van der Waals surface area contributed by atoms with E-state index in [1.165, 1.54) is 0 Å². The molecular formula is C10H14ClFN4O3. The summed E-state index contributed by atoms with van der Waals surface area (Å²) >= 11 is 0. The van der Waals surface area contributed by atoms with Crippen molar-refractivity contribution in [2.24, 2.45) is 0 Å². The van der Waals surface area contributed by atoms with Crippen LogP contribution in [0.15, 0.2) is 12.1 Å². The van der Waals surface area contributed by atoms with E-state index in [9.17, 15) is 19.3 Å². The number of nitrogens with two attached hydrogens (primary N) is 1. The van der Waals surface area contributed by atoms with Crippen LogP contribution < -0.4 is 16.4 Å². The number of halogens is 2. The topological polar surface area (TPSA) is 110 Å². The van der Waals surface area contributed by atoms with Crippen molar-refractivity contribution in [3.63, 3.8) is 0 Å². The number of nitro groups is 1. The number of nitrogen functional groups attached to an aromatic ring is 1. The Hall–Kier alpha value is -1.93. The van der Waals surface area contributed by atoms with E-state index in [4.69, 9.17) is 5.73 Å². The van der Waals surface area contributed by atoms with Gasteiger partial charge in [0, 0.05) is 13.1 Å². The van der Waals surface area contributed by atoms with Crippen LogP contribution in [0.25, 0.3) is 0 Å². The molecule has 0 atom stereocenters. The fourth-order valence-corrected chi connectivity index (χ4v) is 1.34. The molecule has 4 N–H and O–H groups in total. The Balaban J connectivity index is 0.00000324. The summed E-state index contributed by atoms with van der Waals surface area (Å²) in [6.45, 7) is 0.822. The van der Waals surface area contributed by atoms with Gasteiger partial charge >= 0.3 is 0 Å². The van der Waals surface area contributed by atoms with Crippen LogP contribution in [0.5, 0.6) is 0 Å². The second-order valence-electron chi connectivity index (χ2n) is 3.50. The number of amides is 1. The average Bonchev–Trinajstić information content (AvgIpc) is 2.31. The van der Waals surface area contributed by atoms with E-state index in [-0.39, 0.29) is 23.7 Å². The van der Waals surface area contributed by atoms with Crippen LogP contribution in [0, 0.1) is 15.9 Å². The molecule has 9 heteroatoms. The number of rotatable bonds is 5. The number of hydrogen-bond donors (Lipinski definition) is 3. The van der Waals surface area contributed by atoms with Gasteiger partial charge in [-0.05, 0) is 13.1 Å². The molecular weight excluding hydrogens is 279 g/mol. The first kappa shape index (κ1) is 17.1. The molecule has 0 radical (unpaired) electrons. The molecule has 0 saturated carbocycles. The van der Waals surface area contributed by atoms with Gasteiger partial charge in [-0.3, -0.25) is 14.9 Å². The van der Waals surface area contributed by atoms with E-state index < -0.39 is 22.3 Å². The molecule has 0 aromatic heterocycles. The minimum atomic E-state index is -0.880. The lowest BCUT2D eigenvalue weighted by Gasteiger charge is -2.07. The highest BCUT2D eigenvalue weighted by molar-refractivity contribution is 6.01.